The van der Waals surface area contributed by atoms with Crippen LogP contribution in [0.4, 0.5) is 5.69 Å². The Morgan fingerprint density at radius 2 is 1.75 bits per heavy atom. The lowest BCUT2D eigenvalue weighted by Gasteiger charge is -2.33. The number of hydrogen-bond donors (Lipinski definition) is 1. The molecule has 8 nitrogen and oxygen atoms in total. The number of halogens is 1. The summed E-state index contributed by atoms with van der Waals surface area (Å²) in [5, 5.41) is 3.29. The van der Waals surface area contributed by atoms with Crippen molar-refractivity contribution in [3.63, 3.8) is 0 Å². The summed E-state index contributed by atoms with van der Waals surface area (Å²) in [6.07, 6.45) is 1.40. The number of hydrogen-bond acceptors (Lipinski definition) is 5. The molecule has 0 radical (unpaired) electrons. The molecular weight excluding hydrogens is 502 g/mol. The summed E-state index contributed by atoms with van der Waals surface area (Å²) in [6, 6.07) is 11.3. The summed E-state index contributed by atoms with van der Waals surface area (Å²) in [7, 11) is -2.27. The molecule has 0 aliphatic heterocycles. The number of amides is 2. The Balaban J connectivity index is 2.46. The van der Waals surface area contributed by atoms with Crippen LogP contribution in [0.3, 0.4) is 0 Å². The third-order valence-corrected chi connectivity index (χ3v) is 7.31. The lowest BCUT2D eigenvalue weighted by Crippen LogP contribution is -2.52. The third-order valence-electron chi connectivity index (χ3n) is 5.77. The molecule has 1 unspecified atom stereocenters. The molecular formula is C26H36ClN3O5S. The van der Waals surface area contributed by atoms with E-state index < -0.39 is 28.5 Å². The number of nitrogens with one attached hydrogen (secondary N) is 1. The van der Waals surface area contributed by atoms with Gasteiger partial charge in [0.1, 0.15) is 18.3 Å². The monoisotopic (exact) mass is 537 g/mol. The highest BCUT2D eigenvalue weighted by atomic mass is 35.5. The highest BCUT2D eigenvalue weighted by Crippen LogP contribution is 2.28. The van der Waals surface area contributed by atoms with Crippen LogP contribution in [-0.4, -0.2) is 57.6 Å². The molecule has 0 bridgehead atoms. The van der Waals surface area contributed by atoms with Gasteiger partial charge in [0.2, 0.25) is 21.8 Å². The van der Waals surface area contributed by atoms with Gasteiger partial charge in [0, 0.05) is 18.1 Å². The van der Waals surface area contributed by atoms with Gasteiger partial charge in [-0.3, -0.25) is 13.9 Å². The number of rotatable bonds is 12. The second-order valence-corrected chi connectivity index (χ2v) is 11.4. The van der Waals surface area contributed by atoms with E-state index in [1.54, 1.807) is 44.4 Å². The fraction of sp³-hybridized carbons (Fsp3) is 0.462. The third kappa shape index (κ3) is 7.86. The summed E-state index contributed by atoms with van der Waals surface area (Å²) >= 11 is 6.23. The van der Waals surface area contributed by atoms with E-state index in [9.17, 15) is 18.0 Å². The van der Waals surface area contributed by atoms with Crippen LogP contribution in [-0.2, 0) is 26.2 Å². The van der Waals surface area contributed by atoms with E-state index in [-0.39, 0.29) is 18.4 Å². The molecule has 10 heteroatoms. The molecule has 36 heavy (non-hydrogen) atoms. The first kappa shape index (κ1) is 29.5. The predicted molar refractivity (Wildman–Crippen MR) is 144 cm³/mol. The van der Waals surface area contributed by atoms with Gasteiger partial charge in [0.25, 0.3) is 0 Å². The van der Waals surface area contributed by atoms with Crippen molar-refractivity contribution in [2.75, 3.05) is 30.8 Å². The number of sulfonamides is 1. The van der Waals surface area contributed by atoms with Gasteiger partial charge >= 0.3 is 0 Å². The van der Waals surface area contributed by atoms with Gasteiger partial charge < -0.3 is 15.0 Å². The van der Waals surface area contributed by atoms with Crippen LogP contribution in [0, 0.1) is 12.8 Å². The minimum absolute atomic E-state index is 0.128. The molecule has 0 heterocycles. The maximum Gasteiger partial charge on any atom is 0.244 e. The topological polar surface area (TPSA) is 96.0 Å². The highest BCUT2D eigenvalue weighted by molar-refractivity contribution is 7.92. The number of carbonyl (C=O) groups is 2. The van der Waals surface area contributed by atoms with E-state index in [0.717, 1.165) is 16.1 Å². The minimum atomic E-state index is -3.83. The standard InChI is InChI=1S/C26H36ClN3O5S/c1-7-23(26(32)28-15-18(2)3)29(16-20-11-13-21(35-5)14-12-20)25(31)17-30(36(6,33)34)24-10-8-9-22(27)19(24)4/h8-14,18,23H,7,15-17H2,1-6H3,(H,28,32). The number of anilines is 1. The van der Waals surface area contributed by atoms with Crippen LogP contribution in [0.1, 0.15) is 38.3 Å². The van der Waals surface area contributed by atoms with Crippen LogP contribution in [0.15, 0.2) is 42.5 Å². The summed E-state index contributed by atoms with van der Waals surface area (Å²) in [5.74, 6) is 0.127. The second-order valence-electron chi connectivity index (χ2n) is 9.09. The van der Waals surface area contributed by atoms with Crippen molar-refractivity contribution in [1.82, 2.24) is 10.2 Å². The Morgan fingerprint density at radius 3 is 2.28 bits per heavy atom. The molecule has 2 aromatic carbocycles. The Hall–Kier alpha value is -2.78. The van der Waals surface area contributed by atoms with Crippen LogP contribution in [0.5, 0.6) is 5.75 Å². The van der Waals surface area contributed by atoms with Crippen molar-refractivity contribution in [3.8, 4) is 5.75 Å². The maximum atomic E-state index is 13.7. The molecule has 2 amide bonds. The maximum absolute atomic E-state index is 13.7. The summed E-state index contributed by atoms with van der Waals surface area (Å²) in [6.45, 7) is 7.62. The zero-order valence-corrected chi connectivity index (χ0v) is 23.3. The largest absolute Gasteiger partial charge is 0.497 e. The number of nitrogens with zero attached hydrogens (tertiary/aromatic N) is 2. The van der Waals surface area contributed by atoms with Gasteiger partial charge in [0.05, 0.1) is 19.1 Å². The molecule has 1 atom stereocenters. The Labute approximate surface area is 219 Å². The minimum Gasteiger partial charge on any atom is -0.497 e. The van der Waals surface area contributed by atoms with Gasteiger partial charge in [0.15, 0.2) is 0 Å². The van der Waals surface area contributed by atoms with Crippen LogP contribution in [0.25, 0.3) is 0 Å². The van der Waals surface area contributed by atoms with E-state index in [2.05, 4.69) is 5.32 Å². The summed E-state index contributed by atoms with van der Waals surface area (Å²) in [4.78, 5) is 28.3. The van der Waals surface area contributed by atoms with Crippen LogP contribution < -0.4 is 14.4 Å². The quantitative estimate of drug-likeness (QED) is 0.441. The number of carbonyl (C=O) groups excluding carboxylic acids is 2. The van der Waals surface area contributed by atoms with Crippen molar-refractivity contribution in [2.45, 2.75) is 46.7 Å². The van der Waals surface area contributed by atoms with Crippen molar-refractivity contribution in [1.29, 1.82) is 0 Å². The van der Waals surface area contributed by atoms with Crippen molar-refractivity contribution in [2.24, 2.45) is 5.92 Å². The van der Waals surface area contributed by atoms with Crippen LogP contribution >= 0.6 is 11.6 Å². The Bertz CT molecular complexity index is 1150. The molecule has 0 fully saturated rings. The van der Waals surface area contributed by atoms with E-state index in [0.29, 0.717) is 35.0 Å². The number of benzene rings is 2. The van der Waals surface area contributed by atoms with Gasteiger partial charge in [-0.2, -0.15) is 0 Å². The first-order valence-electron chi connectivity index (χ1n) is 11.8. The fourth-order valence-corrected chi connectivity index (χ4v) is 4.80. The molecule has 0 saturated heterocycles. The lowest BCUT2D eigenvalue weighted by molar-refractivity contribution is -0.140. The molecule has 0 aliphatic rings. The fourth-order valence-electron chi connectivity index (χ4n) is 3.73. The number of ether oxygens (including phenoxy) is 1. The second kappa shape index (κ2) is 13.0. The van der Waals surface area contributed by atoms with Gasteiger partial charge in [-0.05, 0) is 54.7 Å². The number of methoxy groups -OCH3 is 1. The zero-order chi connectivity index (χ0) is 27.0. The first-order chi connectivity index (χ1) is 16.9. The average Bonchev–Trinajstić information content (AvgIpc) is 2.82. The summed E-state index contributed by atoms with van der Waals surface area (Å²) in [5.41, 5.74) is 1.64. The van der Waals surface area contributed by atoms with Crippen LogP contribution in [0.2, 0.25) is 5.02 Å². The molecule has 0 spiro atoms. The molecule has 0 saturated carbocycles. The van der Waals surface area contributed by atoms with Gasteiger partial charge in [-0.15, -0.1) is 0 Å². The molecule has 2 rings (SSSR count). The van der Waals surface area contributed by atoms with E-state index in [1.165, 1.54) is 4.90 Å². The average molecular weight is 538 g/mol. The van der Waals surface area contributed by atoms with Gasteiger partial charge in [-0.1, -0.05) is 50.6 Å². The SMILES string of the molecule is CCC(C(=O)NCC(C)C)N(Cc1ccc(OC)cc1)C(=O)CN(c1cccc(Cl)c1C)S(C)(=O)=O. The normalized spacial score (nSPS) is 12.2. The lowest BCUT2D eigenvalue weighted by atomic mass is 10.1. The Kier molecular flexibility index (Phi) is 10.6. The summed E-state index contributed by atoms with van der Waals surface area (Å²) < 4.78 is 31.8. The van der Waals surface area contributed by atoms with E-state index in [1.807, 2.05) is 32.9 Å². The molecule has 1 N–H and O–H groups in total. The van der Waals surface area contributed by atoms with Crippen molar-refractivity contribution < 1.29 is 22.7 Å². The molecule has 198 valence electrons. The predicted octanol–water partition coefficient (Wildman–Crippen LogP) is 4.00. The van der Waals surface area contributed by atoms with E-state index in [4.69, 9.17) is 16.3 Å². The van der Waals surface area contributed by atoms with Gasteiger partial charge in [-0.25, -0.2) is 8.42 Å². The highest BCUT2D eigenvalue weighted by Gasteiger charge is 2.32. The molecule has 2 aromatic rings. The smallest absolute Gasteiger partial charge is 0.244 e. The zero-order valence-electron chi connectivity index (χ0n) is 21.7. The van der Waals surface area contributed by atoms with E-state index >= 15 is 0 Å². The first-order valence-corrected chi connectivity index (χ1v) is 14.0. The molecule has 0 aromatic heterocycles. The molecule has 0 aliphatic carbocycles. The Morgan fingerprint density at radius 1 is 1.11 bits per heavy atom. The van der Waals surface area contributed by atoms with Crippen molar-refractivity contribution in [3.05, 3.63) is 58.6 Å². The van der Waals surface area contributed by atoms with Crippen molar-refractivity contribution >= 4 is 39.1 Å².